The fourth-order valence-corrected chi connectivity index (χ4v) is 7.44. The zero-order valence-corrected chi connectivity index (χ0v) is 27.6. The number of anilines is 2. The third-order valence-electron chi connectivity index (χ3n) is 10.3. The van der Waals surface area contributed by atoms with Crippen LogP contribution in [0.15, 0.2) is 59.5 Å². The van der Waals surface area contributed by atoms with Crippen molar-refractivity contribution in [3.8, 4) is 11.1 Å². The summed E-state index contributed by atoms with van der Waals surface area (Å²) < 4.78 is 23.0. The molecule has 0 amide bonds. The average molecular weight is 640 g/mol. The van der Waals surface area contributed by atoms with Gasteiger partial charge in [0.25, 0.3) is 5.56 Å². The second-order valence-electron chi connectivity index (χ2n) is 13.6. The lowest BCUT2D eigenvalue weighted by Gasteiger charge is -2.30. The van der Waals surface area contributed by atoms with Crippen LogP contribution < -0.4 is 10.9 Å². The molecule has 1 unspecified atom stereocenters. The number of nitrogens with zero attached hydrogens (tertiary/aromatic N) is 6. The van der Waals surface area contributed by atoms with Crippen LogP contribution >= 0.6 is 0 Å². The van der Waals surface area contributed by atoms with E-state index in [-0.39, 0.29) is 11.4 Å². The number of likely N-dealkylation sites (N-methyl/N-ethyl adjacent to an activating group) is 1. The molecular weight excluding hydrogens is 593 g/mol. The van der Waals surface area contributed by atoms with E-state index in [9.17, 15) is 4.79 Å². The average Bonchev–Trinajstić information content (AvgIpc) is 3.09. The van der Waals surface area contributed by atoms with Crippen molar-refractivity contribution in [3.63, 3.8) is 0 Å². The molecule has 10 heteroatoms. The predicted octanol–water partition coefficient (Wildman–Crippen LogP) is 5.29. The summed E-state index contributed by atoms with van der Waals surface area (Å²) in [5, 5.41) is 4.04. The summed E-state index contributed by atoms with van der Waals surface area (Å²) in [6, 6.07) is 15.7. The Morgan fingerprint density at radius 2 is 1.62 bits per heavy atom. The molecule has 7 rings (SSSR count). The molecule has 3 saturated heterocycles. The first-order chi connectivity index (χ1) is 22.9. The number of ether oxygens (including phenoxy) is 1. The number of likely N-dealkylation sites (tertiary alicyclic amines) is 2. The summed E-state index contributed by atoms with van der Waals surface area (Å²) in [6.07, 6.45) is 6.18. The van der Waals surface area contributed by atoms with E-state index >= 15 is 4.39 Å². The second kappa shape index (κ2) is 14.2. The van der Waals surface area contributed by atoms with E-state index in [1.165, 1.54) is 18.4 Å². The molecule has 47 heavy (non-hydrogen) atoms. The number of halogens is 1. The summed E-state index contributed by atoms with van der Waals surface area (Å²) >= 11 is 0. The number of benzene rings is 2. The van der Waals surface area contributed by atoms with Crippen LogP contribution in [-0.2, 0) is 11.3 Å². The largest absolute Gasteiger partial charge is 0.379 e. The van der Waals surface area contributed by atoms with Crippen molar-refractivity contribution in [2.24, 2.45) is 0 Å². The minimum absolute atomic E-state index is 0.247. The lowest BCUT2D eigenvalue weighted by Crippen LogP contribution is -2.39. The fraction of sp³-hybridized carbons (Fsp3) is 0.486. The van der Waals surface area contributed by atoms with E-state index in [2.05, 4.69) is 63.4 Å². The van der Waals surface area contributed by atoms with E-state index in [1.807, 2.05) is 6.07 Å². The number of piperidine rings is 2. The van der Waals surface area contributed by atoms with Crippen LogP contribution in [0, 0.1) is 5.82 Å². The highest BCUT2D eigenvalue weighted by atomic mass is 19.1. The smallest absolute Gasteiger partial charge is 0.260 e. The minimum Gasteiger partial charge on any atom is -0.379 e. The maximum atomic E-state index is 15.8. The summed E-state index contributed by atoms with van der Waals surface area (Å²) in [7, 11) is 4.31. The number of hydrogen-bond acceptors (Lipinski definition) is 8. The monoisotopic (exact) mass is 639 g/mol. The number of aromatic nitrogens is 3. The standard InChI is InChI=1S/C37H46FN7O2/c1-42-14-11-27(12-15-42)28-7-10-32(34(38)23-28)33-22-30-24-39-37(40-31-8-5-26(6-9-31)29-4-3-13-43(2)25-29)41-35(30)45(36(33)46)17-16-44-18-20-47-21-19-44/h5-10,22-24,27,29H,3-4,11-21,25H2,1-2H3,(H,39,40,41). The Morgan fingerprint density at radius 1 is 0.851 bits per heavy atom. The molecule has 248 valence electrons. The van der Waals surface area contributed by atoms with Crippen molar-refractivity contribution < 1.29 is 9.13 Å². The first-order valence-corrected chi connectivity index (χ1v) is 17.2. The Bertz CT molecular complexity index is 1750. The molecule has 1 atom stereocenters. The molecule has 3 aliphatic rings. The number of rotatable bonds is 8. The van der Waals surface area contributed by atoms with Gasteiger partial charge in [0.05, 0.1) is 18.8 Å². The molecule has 0 saturated carbocycles. The van der Waals surface area contributed by atoms with Crippen LogP contribution in [0.2, 0.25) is 0 Å². The highest BCUT2D eigenvalue weighted by molar-refractivity contribution is 5.82. The van der Waals surface area contributed by atoms with E-state index < -0.39 is 0 Å². The van der Waals surface area contributed by atoms with Crippen molar-refractivity contribution in [1.29, 1.82) is 0 Å². The van der Waals surface area contributed by atoms with E-state index in [0.717, 1.165) is 63.4 Å². The summed E-state index contributed by atoms with van der Waals surface area (Å²) in [4.78, 5) is 30.6. The summed E-state index contributed by atoms with van der Waals surface area (Å²) in [5.74, 6) is 0.940. The molecule has 4 aromatic rings. The van der Waals surface area contributed by atoms with Crippen molar-refractivity contribution >= 4 is 22.7 Å². The Hall–Kier alpha value is -3.70. The Balaban J connectivity index is 1.19. The van der Waals surface area contributed by atoms with Gasteiger partial charge in [-0.05, 0) is 107 Å². The SMILES string of the molecule is CN1CCC(c2ccc(-c3cc4cnc(Nc5ccc(C6CCCN(C)C6)cc5)nc4n(CCN4CCOCC4)c3=O)c(F)c2)CC1. The Kier molecular flexibility index (Phi) is 9.63. The molecule has 1 N–H and O–H groups in total. The van der Waals surface area contributed by atoms with Crippen molar-refractivity contribution in [2.45, 2.75) is 44.1 Å². The molecule has 9 nitrogen and oxygen atoms in total. The maximum Gasteiger partial charge on any atom is 0.260 e. The first-order valence-electron chi connectivity index (χ1n) is 17.2. The van der Waals surface area contributed by atoms with Crippen LogP contribution in [0.3, 0.4) is 0 Å². The lowest BCUT2D eigenvalue weighted by molar-refractivity contribution is 0.0364. The van der Waals surface area contributed by atoms with Crippen LogP contribution in [-0.4, -0.2) is 102 Å². The van der Waals surface area contributed by atoms with Gasteiger partial charge in [0.2, 0.25) is 5.95 Å². The minimum atomic E-state index is -0.361. The summed E-state index contributed by atoms with van der Waals surface area (Å²) in [5.41, 5.74) is 4.18. The van der Waals surface area contributed by atoms with Gasteiger partial charge >= 0.3 is 0 Å². The van der Waals surface area contributed by atoms with Crippen LogP contribution in [0.1, 0.15) is 48.6 Å². The van der Waals surface area contributed by atoms with Crippen molar-refractivity contribution in [1.82, 2.24) is 29.2 Å². The highest BCUT2D eigenvalue weighted by Gasteiger charge is 2.22. The van der Waals surface area contributed by atoms with Gasteiger partial charge in [-0.3, -0.25) is 14.3 Å². The number of pyridine rings is 1. The normalized spacial score (nSPS) is 20.5. The lowest BCUT2D eigenvalue weighted by atomic mass is 9.88. The highest BCUT2D eigenvalue weighted by Crippen LogP contribution is 2.32. The molecule has 0 aliphatic carbocycles. The summed E-state index contributed by atoms with van der Waals surface area (Å²) in [6.45, 7) is 8.34. The van der Waals surface area contributed by atoms with E-state index in [1.54, 1.807) is 29.0 Å². The van der Waals surface area contributed by atoms with E-state index in [4.69, 9.17) is 9.72 Å². The molecule has 2 aromatic heterocycles. The predicted molar refractivity (Wildman–Crippen MR) is 185 cm³/mol. The fourth-order valence-electron chi connectivity index (χ4n) is 7.44. The third kappa shape index (κ3) is 7.26. The molecule has 0 radical (unpaired) electrons. The molecule has 0 spiro atoms. The van der Waals surface area contributed by atoms with Gasteiger partial charge in [-0.15, -0.1) is 0 Å². The van der Waals surface area contributed by atoms with Crippen molar-refractivity contribution in [3.05, 3.63) is 82.0 Å². The molecule has 0 bridgehead atoms. The van der Waals surface area contributed by atoms with E-state index in [0.29, 0.717) is 66.2 Å². The van der Waals surface area contributed by atoms with Gasteiger partial charge in [0, 0.05) is 55.6 Å². The second-order valence-corrected chi connectivity index (χ2v) is 13.6. The van der Waals surface area contributed by atoms with Crippen LogP contribution in [0.4, 0.5) is 16.0 Å². The first kappa shape index (κ1) is 31.9. The zero-order valence-electron chi connectivity index (χ0n) is 27.6. The quantitative estimate of drug-likeness (QED) is 0.279. The molecule has 5 heterocycles. The molecule has 3 aliphatic heterocycles. The van der Waals surface area contributed by atoms with Gasteiger partial charge in [0.1, 0.15) is 11.5 Å². The third-order valence-corrected chi connectivity index (χ3v) is 10.3. The van der Waals surface area contributed by atoms with Gasteiger partial charge in [-0.1, -0.05) is 24.3 Å². The number of hydrogen-bond donors (Lipinski definition) is 1. The van der Waals surface area contributed by atoms with Gasteiger partial charge in [0.15, 0.2) is 0 Å². The van der Waals surface area contributed by atoms with Gasteiger partial charge in [-0.25, -0.2) is 9.37 Å². The van der Waals surface area contributed by atoms with Gasteiger partial charge in [-0.2, -0.15) is 4.98 Å². The van der Waals surface area contributed by atoms with Crippen LogP contribution in [0.25, 0.3) is 22.2 Å². The Morgan fingerprint density at radius 3 is 2.36 bits per heavy atom. The molecular formula is C37H46FN7O2. The number of nitrogens with one attached hydrogen (secondary N) is 1. The zero-order chi connectivity index (χ0) is 32.3. The topological polar surface area (TPSA) is 78.8 Å². The molecule has 2 aromatic carbocycles. The molecule has 3 fully saturated rings. The maximum absolute atomic E-state index is 15.8. The van der Waals surface area contributed by atoms with Crippen molar-refractivity contribution in [2.75, 3.05) is 78.4 Å². The van der Waals surface area contributed by atoms with Crippen LogP contribution in [0.5, 0.6) is 0 Å². The number of fused-ring (bicyclic) bond motifs is 1. The number of morpholine rings is 1. The Labute approximate surface area is 276 Å². The van der Waals surface area contributed by atoms with Gasteiger partial charge < -0.3 is 19.9 Å².